The van der Waals surface area contributed by atoms with Crippen molar-refractivity contribution in [3.63, 3.8) is 0 Å². The summed E-state index contributed by atoms with van der Waals surface area (Å²) in [5.41, 5.74) is 5.64. The van der Waals surface area contributed by atoms with Crippen LogP contribution in [0.4, 0.5) is 0 Å². The van der Waals surface area contributed by atoms with E-state index in [0.717, 1.165) is 6.42 Å². The third-order valence-electron chi connectivity index (χ3n) is 1.58. The minimum atomic E-state index is 0.236. The van der Waals surface area contributed by atoms with Crippen LogP contribution in [-0.2, 0) is 0 Å². The standard InChI is InChI=1S/C6H12N2/c1-8-6-4-2-3-5(6)7/h2-3,5-6,8H,4,7H2,1H3. The molecule has 0 amide bonds. The van der Waals surface area contributed by atoms with Gasteiger partial charge in [-0.25, -0.2) is 0 Å². The summed E-state index contributed by atoms with van der Waals surface area (Å²) in [5, 5.41) is 3.13. The molecule has 0 radical (unpaired) electrons. The van der Waals surface area contributed by atoms with Gasteiger partial charge in [-0.2, -0.15) is 0 Å². The maximum atomic E-state index is 5.64. The SMILES string of the molecule is CNC1CC=CC1N. The fraction of sp³-hybridized carbons (Fsp3) is 0.667. The van der Waals surface area contributed by atoms with Crippen LogP contribution in [0.2, 0.25) is 0 Å². The van der Waals surface area contributed by atoms with Crippen LogP contribution < -0.4 is 11.1 Å². The van der Waals surface area contributed by atoms with Crippen LogP contribution in [0.1, 0.15) is 6.42 Å². The van der Waals surface area contributed by atoms with Crippen LogP contribution in [0, 0.1) is 0 Å². The van der Waals surface area contributed by atoms with Crippen molar-refractivity contribution in [2.45, 2.75) is 18.5 Å². The number of rotatable bonds is 1. The van der Waals surface area contributed by atoms with Crippen molar-refractivity contribution >= 4 is 0 Å². The molecule has 0 fully saturated rings. The Hall–Kier alpha value is -0.340. The predicted octanol–water partition coefficient (Wildman–Crippen LogP) is -0.138. The topological polar surface area (TPSA) is 38.0 Å². The highest BCUT2D eigenvalue weighted by atomic mass is 14.9. The van der Waals surface area contributed by atoms with Crippen LogP contribution >= 0.6 is 0 Å². The Bertz CT molecular complexity index is 98.7. The molecule has 2 heteroatoms. The van der Waals surface area contributed by atoms with Crippen LogP contribution in [0.15, 0.2) is 12.2 Å². The van der Waals surface area contributed by atoms with Gasteiger partial charge in [-0.15, -0.1) is 0 Å². The van der Waals surface area contributed by atoms with Crippen molar-refractivity contribution in [1.82, 2.24) is 5.32 Å². The molecule has 2 unspecified atom stereocenters. The van der Waals surface area contributed by atoms with Crippen molar-refractivity contribution in [2.75, 3.05) is 7.05 Å². The molecule has 2 atom stereocenters. The summed E-state index contributed by atoms with van der Waals surface area (Å²) >= 11 is 0. The zero-order valence-electron chi connectivity index (χ0n) is 5.09. The van der Waals surface area contributed by atoms with Crippen LogP contribution in [0.3, 0.4) is 0 Å². The average Bonchev–Trinajstić information content (AvgIpc) is 2.14. The Labute approximate surface area is 49.8 Å². The maximum Gasteiger partial charge on any atom is 0.0383 e. The summed E-state index contributed by atoms with van der Waals surface area (Å²) < 4.78 is 0. The first kappa shape index (κ1) is 5.79. The molecular weight excluding hydrogens is 100 g/mol. The van der Waals surface area contributed by atoms with E-state index in [2.05, 4.69) is 11.4 Å². The van der Waals surface area contributed by atoms with Crippen LogP contribution in [0.5, 0.6) is 0 Å². The Morgan fingerprint density at radius 3 is 2.75 bits per heavy atom. The Kier molecular flexibility index (Phi) is 1.65. The molecule has 2 nitrogen and oxygen atoms in total. The lowest BCUT2D eigenvalue weighted by atomic mass is 10.2. The molecule has 3 N–H and O–H groups in total. The summed E-state index contributed by atoms with van der Waals surface area (Å²) in [5.74, 6) is 0. The second-order valence-corrected chi connectivity index (χ2v) is 2.14. The third kappa shape index (κ3) is 0.904. The van der Waals surface area contributed by atoms with E-state index >= 15 is 0 Å². The molecule has 0 aromatic carbocycles. The predicted molar refractivity (Wildman–Crippen MR) is 34.6 cm³/mol. The summed E-state index contributed by atoms with van der Waals surface area (Å²) in [4.78, 5) is 0. The lowest BCUT2D eigenvalue weighted by molar-refractivity contribution is 0.542. The summed E-state index contributed by atoms with van der Waals surface area (Å²) in [6.07, 6.45) is 5.24. The molecular formula is C6H12N2. The van der Waals surface area contributed by atoms with Crippen LogP contribution in [-0.4, -0.2) is 19.1 Å². The zero-order valence-corrected chi connectivity index (χ0v) is 5.09. The van der Waals surface area contributed by atoms with Crippen molar-refractivity contribution in [2.24, 2.45) is 5.73 Å². The molecule has 1 rings (SSSR count). The molecule has 0 spiro atoms. The highest BCUT2D eigenvalue weighted by molar-refractivity contribution is 5.07. The molecule has 46 valence electrons. The summed E-state index contributed by atoms with van der Waals surface area (Å²) in [7, 11) is 1.94. The molecule has 1 aliphatic carbocycles. The molecule has 0 aromatic heterocycles. The Morgan fingerprint density at radius 1 is 1.75 bits per heavy atom. The van der Waals surface area contributed by atoms with Crippen molar-refractivity contribution in [3.8, 4) is 0 Å². The van der Waals surface area contributed by atoms with Crippen molar-refractivity contribution in [1.29, 1.82) is 0 Å². The lowest BCUT2D eigenvalue weighted by Crippen LogP contribution is -2.38. The minimum absolute atomic E-state index is 0.236. The van der Waals surface area contributed by atoms with Gasteiger partial charge in [0.05, 0.1) is 0 Å². The fourth-order valence-electron chi connectivity index (χ4n) is 0.984. The number of nitrogens with two attached hydrogens (primary N) is 1. The molecule has 8 heavy (non-hydrogen) atoms. The highest BCUT2D eigenvalue weighted by Gasteiger charge is 2.15. The van der Waals surface area contributed by atoms with Gasteiger partial charge in [-0.3, -0.25) is 0 Å². The van der Waals surface area contributed by atoms with Gasteiger partial charge < -0.3 is 11.1 Å². The molecule has 0 aromatic rings. The first-order valence-electron chi connectivity index (χ1n) is 2.94. The normalized spacial score (nSPS) is 36.2. The quantitative estimate of drug-likeness (QED) is 0.463. The van der Waals surface area contributed by atoms with E-state index in [0.29, 0.717) is 6.04 Å². The van der Waals surface area contributed by atoms with Crippen molar-refractivity contribution in [3.05, 3.63) is 12.2 Å². The van der Waals surface area contributed by atoms with Gasteiger partial charge in [0.2, 0.25) is 0 Å². The second kappa shape index (κ2) is 2.29. The van der Waals surface area contributed by atoms with Gasteiger partial charge >= 0.3 is 0 Å². The Morgan fingerprint density at radius 2 is 2.50 bits per heavy atom. The van der Waals surface area contributed by atoms with Gasteiger partial charge in [-0.1, -0.05) is 12.2 Å². The first-order valence-corrected chi connectivity index (χ1v) is 2.94. The van der Waals surface area contributed by atoms with Gasteiger partial charge in [0.15, 0.2) is 0 Å². The second-order valence-electron chi connectivity index (χ2n) is 2.14. The van der Waals surface area contributed by atoms with E-state index in [1.165, 1.54) is 0 Å². The van der Waals surface area contributed by atoms with E-state index in [9.17, 15) is 0 Å². The van der Waals surface area contributed by atoms with E-state index in [1.54, 1.807) is 0 Å². The van der Waals surface area contributed by atoms with Crippen LogP contribution in [0.25, 0.3) is 0 Å². The minimum Gasteiger partial charge on any atom is -0.323 e. The Balaban J connectivity index is 2.38. The zero-order chi connectivity index (χ0) is 5.98. The third-order valence-corrected chi connectivity index (χ3v) is 1.58. The molecule has 0 heterocycles. The number of likely N-dealkylation sites (N-methyl/N-ethyl adjacent to an activating group) is 1. The summed E-state index contributed by atoms with van der Waals surface area (Å²) in [6, 6.07) is 0.718. The van der Waals surface area contributed by atoms with Gasteiger partial charge in [0.1, 0.15) is 0 Å². The van der Waals surface area contributed by atoms with Gasteiger partial charge in [0, 0.05) is 12.1 Å². The molecule has 1 aliphatic rings. The number of hydrogen-bond acceptors (Lipinski definition) is 2. The lowest BCUT2D eigenvalue weighted by Gasteiger charge is -2.12. The molecule has 0 saturated carbocycles. The monoisotopic (exact) mass is 112 g/mol. The van der Waals surface area contributed by atoms with E-state index in [-0.39, 0.29) is 6.04 Å². The van der Waals surface area contributed by atoms with Crippen molar-refractivity contribution < 1.29 is 0 Å². The molecule has 0 saturated heterocycles. The average molecular weight is 112 g/mol. The fourth-order valence-corrected chi connectivity index (χ4v) is 0.984. The molecule has 0 bridgehead atoms. The number of nitrogens with one attached hydrogen (secondary N) is 1. The largest absolute Gasteiger partial charge is 0.323 e. The smallest absolute Gasteiger partial charge is 0.0383 e. The highest BCUT2D eigenvalue weighted by Crippen LogP contribution is 2.06. The number of hydrogen-bond donors (Lipinski definition) is 2. The molecule has 0 aliphatic heterocycles. The van der Waals surface area contributed by atoms with E-state index in [4.69, 9.17) is 5.73 Å². The maximum absolute atomic E-state index is 5.64. The van der Waals surface area contributed by atoms with E-state index < -0.39 is 0 Å². The summed E-state index contributed by atoms with van der Waals surface area (Å²) in [6.45, 7) is 0. The van der Waals surface area contributed by atoms with Gasteiger partial charge in [-0.05, 0) is 13.5 Å². The van der Waals surface area contributed by atoms with Gasteiger partial charge in [0.25, 0.3) is 0 Å². The first-order chi connectivity index (χ1) is 3.84. The van der Waals surface area contributed by atoms with E-state index in [1.807, 2.05) is 13.1 Å².